The maximum atomic E-state index is 13.2. The highest BCUT2D eigenvalue weighted by Gasteiger charge is 2.36. The zero-order chi connectivity index (χ0) is 32.8. The fourth-order valence-electron chi connectivity index (χ4n) is 5.36. The van der Waals surface area contributed by atoms with Gasteiger partial charge in [0.2, 0.25) is 17.8 Å². The van der Waals surface area contributed by atoms with Crippen LogP contribution in [0.3, 0.4) is 0 Å². The van der Waals surface area contributed by atoms with Gasteiger partial charge in [-0.25, -0.2) is 15.0 Å². The quantitative estimate of drug-likeness (QED) is 0.353. The van der Waals surface area contributed by atoms with Gasteiger partial charge in [0.15, 0.2) is 0 Å². The molecular weight excluding hydrogens is 601 g/mol. The van der Waals surface area contributed by atoms with Crippen LogP contribution in [-0.2, 0) is 20.7 Å². The Labute approximate surface area is 265 Å². The summed E-state index contributed by atoms with van der Waals surface area (Å²) < 4.78 is 45.1. The Morgan fingerprint density at radius 1 is 0.978 bits per heavy atom. The van der Waals surface area contributed by atoms with Crippen molar-refractivity contribution in [3.8, 4) is 11.3 Å². The summed E-state index contributed by atoms with van der Waals surface area (Å²) in [5.41, 5.74) is 8.34. The van der Waals surface area contributed by atoms with Gasteiger partial charge in [-0.2, -0.15) is 13.2 Å². The number of halogens is 3. The van der Waals surface area contributed by atoms with Crippen molar-refractivity contribution in [1.29, 1.82) is 0 Å². The summed E-state index contributed by atoms with van der Waals surface area (Å²) in [6.07, 6.45) is -0.520. The van der Waals surface area contributed by atoms with Crippen LogP contribution in [0.4, 0.5) is 36.3 Å². The summed E-state index contributed by atoms with van der Waals surface area (Å²) >= 11 is 0. The number of alkyl halides is 3. The molecule has 2 aromatic heterocycles. The largest absolute Gasteiger partial charge is 0.413 e. The molecule has 4 heterocycles. The standard InChI is InChI=1S/C32H37F3N8O3/c1-21(2)26(32(33,34)35)18-29(44)39-24-5-3-22(4-6-24)15-30(45)43-9-7-41(8-10-43)25-16-27(23-19-37-31(36)38-20-23)40-28(17-25)42-11-13-46-14-12-42/h3-6,16-21H,7-15H2,1-2H3,(H,39,44)(H2,36,37,38). The van der Waals surface area contributed by atoms with E-state index in [1.807, 2.05) is 11.0 Å². The number of pyridine rings is 1. The number of nitrogen functional groups attached to an aromatic ring is 1. The predicted molar refractivity (Wildman–Crippen MR) is 169 cm³/mol. The molecule has 2 aliphatic heterocycles. The van der Waals surface area contributed by atoms with Crippen LogP contribution in [0.15, 0.2) is 60.4 Å². The lowest BCUT2D eigenvalue weighted by Gasteiger charge is -2.37. The Hall–Kier alpha value is -4.72. The summed E-state index contributed by atoms with van der Waals surface area (Å²) in [6, 6.07) is 10.6. The number of hydrogen-bond donors (Lipinski definition) is 2. The first-order valence-corrected chi connectivity index (χ1v) is 15.1. The van der Waals surface area contributed by atoms with E-state index in [0.29, 0.717) is 51.2 Å². The number of benzene rings is 1. The van der Waals surface area contributed by atoms with E-state index < -0.39 is 23.6 Å². The number of aromatic nitrogens is 3. The van der Waals surface area contributed by atoms with Gasteiger partial charge < -0.3 is 30.5 Å². The average Bonchev–Trinajstić information content (AvgIpc) is 3.04. The van der Waals surface area contributed by atoms with Crippen LogP contribution in [0, 0.1) is 5.92 Å². The molecule has 2 aliphatic rings. The number of anilines is 4. The van der Waals surface area contributed by atoms with E-state index in [0.717, 1.165) is 41.4 Å². The highest BCUT2D eigenvalue weighted by Crippen LogP contribution is 2.31. The molecular formula is C32H37F3N8O3. The first-order chi connectivity index (χ1) is 22.0. The highest BCUT2D eigenvalue weighted by atomic mass is 19.4. The normalized spacial score (nSPS) is 16.1. The Morgan fingerprint density at radius 2 is 1.63 bits per heavy atom. The molecule has 46 heavy (non-hydrogen) atoms. The van der Waals surface area contributed by atoms with Crippen LogP contribution in [0.2, 0.25) is 0 Å². The lowest BCUT2D eigenvalue weighted by atomic mass is 10.0. The van der Waals surface area contributed by atoms with Crippen molar-refractivity contribution in [2.45, 2.75) is 26.4 Å². The van der Waals surface area contributed by atoms with Gasteiger partial charge in [0.05, 0.1) is 25.3 Å². The molecule has 0 radical (unpaired) electrons. The molecule has 0 spiro atoms. The number of ether oxygens (including phenoxy) is 1. The van der Waals surface area contributed by atoms with Crippen molar-refractivity contribution >= 4 is 35.0 Å². The van der Waals surface area contributed by atoms with Gasteiger partial charge in [0.25, 0.3) is 0 Å². The highest BCUT2D eigenvalue weighted by molar-refractivity contribution is 6.00. The van der Waals surface area contributed by atoms with Gasteiger partial charge in [0, 0.05) is 86.3 Å². The number of piperazine rings is 1. The molecule has 0 bridgehead atoms. The van der Waals surface area contributed by atoms with Crippen molar-refractivity contribution in [2.75, 3.05) is 73.3 Å². The number of amides is 2. The second-order valence-electron chi connectivity index (χ2n) is 11.5. The van der Waals surface area contributed by atoms with Gasteiger partial charge in [-0.3, -0.25) is 9.59 Å². The summed E-state index contributed by atoms with van der Waals surface area (Å²) in [5, 5.41) is 2.46. The molecule has 0 unspecified atom stereocenters. The minimum absolute atomic E-state index is 0.0328. The van der Waals surface area contributed by atoms with E-state index in [4.69, 9.17) is 15.5 Å². The second-order valence-corrected chi connectivity index (χ2v) is 11.5. The maximum absolute atomic E-state index is 13.2. The van der Waals surface area contributed by atoms with E-state index in [9.17, 15) is 22.8 Å². The molecule has 2 fully saturated rings. The molecule has 244 valence electrons. The van der Waals surface area contributed by atoms with Crippen molar-refractivity contribution in [2.24, 2.45) is 5.92 Å². The minimum atomic E-state index is -4.58. The Balaban J connectivity index is 1.20. The molecule has 0 atom stereocenters. The smallest absolute Gasteiger partial charge is 0.378 e. The lowest BCUT2D eigenvalue weighted by molar-refractivity contribution is -0.130. The summed E-state index contributed by atoms with van der Waals surface area (Å²) in [5.74, 6) is -0.713. The van der Waals surface area contributed by atoms with E-state index in [1.165, 1.54) is 13.8 Å². The van der Waals surface area contributed by atoms with Crippen LogP contribution in [0.5, 0.6) is 0 Å². The van der Waals surface area contributed by atoms with E-state index in [-0.39, 0.29) is 18.3 Å². The topological polar surface area (TPSA) is 130 Å². The third-order valence-electron chi connectivity index (χ3n) is 7.91. The van der Waals surface area contributed by atoms with Crippen molar-refractivity contribution in [3.05, 3.63) is 66.0 Å². The maximum Gasteiger partial charge on any atom is 0.413 e. The third-order valence-corrected chi connectivity index (χ3v) is 7.91. The summed E-state index contributed by atoms with van der Waals surface area (Å²) in [6.45, 7) is 7.82. The number of rotatable bonds is 8. The van der Waals surface area contributed by atoms with Crippen molar-refractivity contribution < 1.29 is 27.5 Å². The number of morpholine rings is 1. The fraction of sp³-hybridized carbons (Fsp3) is 0.406. The van der Waals surface area contributed by atoms with Gasteiger partial charge in [0.1, 0.15) is 5.82 Å². The van der Waals surface area contributed by atoms with Gasteiger partial charge in [-0.05, 0) is 29.7 Å². The minimum Gasteiger partial charge on any atom is -0.378 e. The van der Waals surface area contributed by atoms with Gasteiger partial charge >= 0.3 is 6.18 Å². The molecule has 11 nitrogen and oxygen atoms in total. The van der Waals surface area contributed by atoms with Crippen LogP contribution in [-0.4, -0.2) is 90.3 Å². The van der Waals surface area contributed by atoms with Crippen molar-refractivity contribution in [1.82, 2.24) is 19.9 Å². The van der Waals surface area contributed by atoms with Gasteiger partial charge in [-0.15, -0.1) is 0 Å². The third kappa shape index (κ3) is 8.30. The summed E-state index contributed by atoms with van der Waals surface area (Å²) in [7, 11) is 0. The number of nitrogens with two attached hydrogens (primary N) is 1. The molecule has 0 aliphatic carbocycles. The number of carbonyl (C=O) groups is 2. The monoisotopic (exact) mass is 638 g/mol. The second kappa shape index (κ2) is 14.1. The average molecular weight is 639 g/mol. The first-order valence-electron chi connectivity index (χ1n) is 15.1. The van der Waals surface area contributed by atoms with E-state index >= 15 is 0 Å². The molecule has 1 aromatic carbocycles. The Bertz CT molecular complexity index is 1550. The molecule has 14 heteroatoms. The predicted octanol–water partition coefficient (Wildman–Crippen LogP) is 3.93. The zero-order valence-electron chi connectivity index (χ0n) is 25.8. The fourth-order valence-corrected chi connectivity index (χ4v) is 5.36. The zero-order valence-corrected chi connectivity index (χ0v) is 25.8. The lowest BCUT2D eigenvalue weighted by Crippen LogP contribution is -2.49. The number of allylic oxidation sites excluding steroid dienone is 1. The molecule has 5 rings (SSSR count). The number of nitrogens with one attached hydrogen (secondary N) is 1. The number of carbonyl (C=O) groups excluding carboxylic acids is 2. The Kier molecular flexibility index (Phi) is 10.0. The molecule has 2 saturated heterocycles. The van der Waals surface area contributed by atoms with Crippen molar-refractivity contribution in [3.63, 3.8) is 0 Å². The SMILES string of the molecule is CC(C)C(=CC(=O)Nc1ccc(CC(=O)N2CCN(c3cc(-c4cnc(N)nc4)nc(N4CCOCC4)c3)CC2)cc1)C(F)(F)F. The Morgan fingerprint density at radius 3 is 2.24 bits per heavy atom. The molecule has 2 amide bonds. The molecule has 3 N–H and O–H groups in total. The van der Waals surface area contributed by atoms with Crippen LogP contribution >= 0.6 is 0 Å². The number of nitrogens with zero attached hydrogens (tertiary/aromatic N) is 6. The molecule has 0 saturated carbocycles. The van der Waals surface area contributed by atoms with Crippen LogP contribution < -0.4 is 20.9 Å². The van der Waals surface area contributed by atoms with E-state index in [2.05, 4.69) is 31.2 Å². The number of hydrogen-bond acceptors (Lipinski definition) is 9. The van der Waals surface area contributed by atoms with Crippen LogP contribution in [0.1, 0.15) is 19.4 Å². The first kappa shape index (κ1) is 32.7. The summed E-state index contributed by atoms with van der Waals surface area (Å²) in [4.78, 5) is 44.7. The van der Waals surface area contributed by atoms with Crippen LogP contribution in [0.25, 0.3) is 11.3 Å². The van der Waals surface area contributed by atoms with E-state index in [1.54, 1.807) is 36.7 Å². The molecule has 3 aromatic rings. The van der Waals surface area contributed by atoms with Gasteiger partial charge in [-0.1, -0.05) is 26.0 Å².